The van der Waals surface area contributed by atoms with Crippen molar-refractivity contribution in [2.75, 3.05) is 11.9 Å². The molecule has 0 aliphatic carbocycles. The maximum Gasteiger partial charge on any atom is 0.341 e. The third-order valence-corrected chi connectivity index (χ3v) is 4.56. The number of carbonyl (C=O) groups excluding carboxylic acids is 2. The lowest BCUT2D eigenvalue weighted by Crippen LogP contribution is -2.11. The fourth-order valence-electron chi connectivity index (χ4n) is 2.29. The first-order valence-electron chi connectivity index (χ1n) is 8.06. The third-order valence-electron chi connectivity index (χ3n) is 3.46. The monoisotopic (exact) mass is 367 g/mol. The summed E-state index contributed by atoms with van der Waals surface area (Å²) in [5.74, 6) is -0.244. The Morgan fingerprint density at radius 2 is 2.00 bits per heavy atom. The molecule has 0 saturated carbocycles. The molecule has 0 atom stereocenters. The van der Waals surface area contributed by atoms with Gasteiger partial charge < -0.3 is 14.5 Å². The van der Waals surface area contributed by atoms with Crippen LogP contribution in [-0.4, -0.2) is 18.5 Å². The number of esters is 1. The number of carbonyl (C=O) groups is 2. The summed E-state index contributed by atoms with van der Waals surface area (Å²) in [4.78, 5) is 25.3. The molecule has 0 radical (unpaired) electrons. The highest BCUT2D eigenvalue weighted by molar-refractivity contribution is 7.20. The molecule has 0 unspecified atom stereocenters. The van der Waals surface area contributed by atoms with E-state index in [9.17, 15) is 9.59 Å². The van der Waals surface area contributed by atoms with E-state index in [1.165, 1.54) is 23.7 Å². The van der Waals surface area contributed by atoms with Crippen LogP contribution >= 0.6 is 11.3 Å². The third kappa shape index (κ3) is 4.29. The molecule has 1 aromatic carbocycles. The molecule has 0 aliphatic rings. The molecule has 0 bridgehead atoms. The van der Waals surface area contributed by atoms with Crippen molar-refractivity contribution in [2.45, 2.75) is 6.92 Å². The van der Waals surface area contributed by atoms with Crippen LogP contribution in [0.3, 0.4) is 0 Å². The Morgan fingerprint density at radius 3 is 2.69 bits per heavy atom. The zero-order valence-electron chi connectivity index (χ0n) is 14.1. The van der Waals surface area contributed by atoms with Crippen molar-refractivity contribution in [3.05, 3.63) is 72.2 Å². The molecule has 5 nitrogen and oxygen atoms in total. The highest BCUT2D eigenvalue weighted by atomic mass is 32.1. The van der Waals surface area contributed by atoms with Gasteiger partial charge in [0.15, 0.2) is 0 Å². The van der Waals surface area contributed by atoms with Crippen LogP contribution in [0.5, 0.6) is 0 Å². The first kappa shape index (κ1) is 17.7. The van der Waals surface area contributed by atoms with Gasteiger partial charge in [0.25, 0.3) is 0 Å². The highest BCUT2D eigenvalue weighted by Crippen LogP contribution is 2.35. The normalized spacial score (nSPS) is 10.8. The summed E-state index contributed by atoms with van der Waals surface area (Å²) in [7, 11) is 0. The van der Waals surface area contributed by atoms with Crippen molar-refractivity contribution >= 4 is 34.3 Å². The minimum absolute atomic E-state index is 0.265. The topological polar surface area (TPSA) is 68.5 Å². The molecule has 0 fully saturated rings. The number of rotatable bonds is 6. The zero-order valence-corrected chi connectivity index (χ0v) is 14.9. The van der Waals surface area contributed by atoms with Gasteiger partial charge in [0.1, 0.15) is 10.8 Å². The van der Waals surface area contributed by atoms with Gasteiger partial charge in [0, 0.05) is 11.0 Å². The minimum atomic E-state index is -0.462. The van der Waals surface area contributed by atoms with E-state index < -0.39 is 5.97 Å². The Labute approximate surface area is 154 Å². The van der Waals surface area contributed by atoms with Crippen LogP contribution in [0.25, 0.3) is 16.5 Å². The summed E-state index contributed by atoms with van der Waals surface area (Å²) < 4.78 is 10.3. The molecule has 26 heavy (non-hydrogen) atoms. The Morgan fingerprint density at radius 1 is 1.19 bits per heavy atom. The van der Waals surface area contributed by atoms with Crippen LogP contribution < -0.4 is 5.32 Å². The quantitative estimate of drug-likeness (QED) is 0.500. The predicted molar refractivity (Wildman–Crippen MR) is 102 cm³/mol. The van der Waals surface area contributed by atoms with Crippen molar-refractivity contribution in [1.29, 1.82) is 0 Å². The second kappa shape index (κ2) is 8.31. The summed E-state index contributed by atoms with van der Waals surface area (Å²) >= 11 is 1.33. The van der Waals surface area contributed by atoms with Gasteiger partial charge in [0.2, 0.25) is 5.91 Å². The smallest absolute Gasteiger partial charge is 0.341 e. The number of hydrogen-bond acceptors (Lipinski definition) is 5. The number of furan rings is 1. The van der Waals surface area contributed by atoms with Crippen molar-refractivity contribution in [3.8, 4) is 10.4 Å². The Kier molecular flexibility index (Phi) is 5.66. The lowest BCUT2D eigenvalue weighted by Gasteiger charge is -2.03. The van der Waals surface area contributed by atoms with Crippen molar-refractivity contribution in [2.24, 2.45) is 0 Å². The largest absolute Gasteiger partial charge is 0.465 e. The van der Waals surface area contributed by atoms with Gasteiger partial charge in [-0.2, -0.15) is 0 Å². The predicted octanol–water partition coefficient (Wildman–Crippen LogP) is 4.84. The zero-order chi connectivity index (χ0) is 18.4. The van der Waals surface area contributed by atoms with Gasteiger partial charge in [-0.05, 0) is 36.8 Å². The second-order valence-electron chi connectivity index (χ2n) is 5.28. The van der Waals surface area contributed by atoms with E-state index in [0.29, 0.717) is 16.3 Å². The van der Waals surface area contributed by atoms with Crippen LogP contribution in [-0.2, 0) is 9.53 Å². The molecule has 2 heterocycles. The summed E-state index contributed by atoms with van der Waals surface area (Å²) in [5.41, 5.74) is 1.31. The van der Waals surface area contributed by atoms with E-state index in [4.69, 9.17) is 9.15 Å². The summed E-state index contributed by atoms with van der Waals surface area (Å²) in [6, 6.07) is 14.9. The van der Waals surface area contributed by atoms with Gasteiger partial charge in [-0.15, -0.1) is 11.3 Å². The average molecular weight is 367 g/mol. The first-order chi connectivity index (χ1) is 12.7. The van der Waals surface area contributed by atoms with Crippen LogP contribution in [0, 0.1) is 0 Å². The van der Waals surface area contributed by atoms with Crippen LogP contribution in [0.4, 0.5) is 5.00 Å². The maximum atomic E-state index is 12.2. The van der Waals surface area contributed by atoms with E-state index in [1.807, 2.05) is 30.3 Å². The van der Waals surface area contributed by atoms with Crippen molar-refractivity contribution < 1.29 is 18.7 Å². The van der Waals surface area contributed by atoms with E-state index in [0.717, 1.165) is 10.4 Å². The van der Waals surface area contributed by atoms with Crippen molar-refractivity contribution in [1.82, 2.24) is 0 Å². The van der Waals surface area contributed by atoms with Gasteiger partial charge in [-0.1, -0.05) is 30.3 Å². The fourth-order valence-corrected chi connectivity index (χ4v) is 3.34. The molecule has 0 aliphatic heterocycles. The Hall–Kier alpha value is -3.12. The summed E-state index contributed by atoms with van der Waals surface area (Å²) in [6.45, 7) is 2.01. The van der Waals surface area contributed by atoms with Gasteiger partial charge >= 0.3 is 5.97 Å². The number of amides is 1. The molecular weight excluding hydrogens is 350 g/mol. The standard InChI is InChI=1S/C20H17NO4S/c1-2-24-20(23)16-13-17(14-7-4-3-5-8-14)26-19(16)21-18(22)11-10-15-9-6-12-25-15/h3-13H,2H2,1H3,(H,21,22)/b11-10+. The van der Waals surface area contributed by atoms with E-state index in [1.54, 1.807) is 31.2 Å². The molecular formula is C20H17NO4S. The van der Waals surface area contributed by atoms with Crippen LogP contribution in [0.15, 0.2) is 65.3 Å². The Balaban J connectivity index is 1.85. The molecule has 0 spiro atoms. The lowest BCUT2D eigenvalue weighted by atomic mass is 10.1. The van der Waals surface area contributed by atoms with E-state index in [2.05, 4.69) is 5.32 Å². The van der Waals surface area contributed by atoms with Crippen LogP contribution in [0.2, 0.25) is 0 Å². The van der Waals surface area contributed by atoms with Crippen LogP contribution in [0.1, 0.15) is 23.0 Å². The number of benzene rings is 1. The SMILES string of the molecule is CCOC(=O)c1cc(-c2ccccc2)sc1NC(=O)/C=C/c1ccco1. The number of thiophene rings is 1. The van der Waals surface area contributed by atoms with Gasteiger partial charge in [0.05, 0.1) is 18.4 Å². The van der Waals surface area contributed by atoms with E-state index in [-0.39, 0.29) is 12.5 Å². The number of nitrogens with one attached hydrogen (secondary N) is 1. The maximum absolute atomic E-state index is 12.2. The molecule has 1 amide bonds. The van der Waals surface area contributed by atoms with Gasteiger partial charge in [-0.3, -0.25) is 4.79 Å². The molecule has 3 rings (SSSR count). The summed E-state index contributed by atoms with van der Waals surface area (Å²) in [6.07, 6.45) is 4.45. The number of hydrogen-bond donors (Lipinski definition) is 1. The number of ether oxygens (including phenoxy) is 1. The summed E-state index contributed by atoms with van der Waals surface area (Å²) in [5, 5.41) is 3.21. The minimum Gasteiger partial charge on any atom is -0.465 e. The molecule has 132 valence electrons. The second-order valence-corrected chi connectivity index (χ2v) is 6.33. The molecule has 1 N–H and O–H groups in total. The molecule has 6 heteroatoms. The van der Waals surface area contributed by atoms with E-state index >= 15 is 0 Å². The molecule has 0 saturated heterocycles. The Bertz CT molecular complexity index is 911. The lowest BCUT2D eigenvalue weighted by molar-refractivity contribution is -0.111. The fraction of sp³-hybridized carbons (Fsp3) is 0.100. The molecule has 3 aromatic rings. The number of anilines is 1. The van der Waals surface area contributed by atoms with Crippen molar-refractivity contribution in [3.63, 3.8) is 0 Å². The first-order valence-corrected chi connectivity index (χ1v) is 8.88. The van der Waals surface area contributed by atoms with Gasteiger partial charge in [-0.25, -0.2) is 4.79 Å². The highest BCUT2D eigenvalue weighted by Gasteiger charge is 2.19. The molecule has 2 aromatic heterocycles. The average Bonchev–Trinajstić information content (AvgIpc) is 3.31.